The summed E-state index contributed by atoms with van der Waals surface area (Å²) in [5.41, 5.74) is 0. The largest absolute Gasteiger partial charge is 0.459 e. The first-order valence-corrected chi connectivity index (χ1v) is 3.27. The highest BCUT2D eigenvalue weighted by atomic mass is 16.3. The Kier molecular flexibility index (Phi) is 2.68. The van der Waals surface area contributed by atoms with Crippen LogP contribution in [0.25, 0.3) is 0 Å². The lowest BCUT2D eigenvalue weighted by Gasteiger charge is -1.97. The summed E-state index contributed by atoms with van der Waals surface area (Å²) in [7, 11) is 0. The predicted molar refractivity (Wildman–Crippen MR) is 38.1 cm³/mol. The van der Waals surface area contributed by atoms with Gasteiger partial charge in [-0.15, -0.1) is 0 Å². The van der Waals surface area contributed by atoms with Gasteiger partial charge in [0.15, 0.2) is 5.76 Å². The van der Waals surface area contributed by atoms with Gasteiger partial charge in [-0.05, 0) is 12.1 Å². The number of aliphatic hydroxyl groups excluding tert-OH is 1. The smallest absolute Gasteiger partial charge is 0.287 e. The molecule has 1 rings (SSSR count). The van der Waals surface area contributed by atoms with Crippen LogP contribution in [-0.4, -0.2) is 24.2 Å². The van der Waals surface area contributed by atoms with Crippen molar-refractivity contribution < 1.29 is 14.3 Å². The van der Waals surface area contributed by atoms with E-state index in [-0.39, 0.29) is 24.8 Å². The lowest BCUT2D eigenvalue weighted by atomic mass is 10.4. The number of carbonyl (C=O) groups excluding carboxylic acids is 1. The van der Waals surface area contributed by atoms with Crippen LogP contribution in [0.5, 0.6) is 0 Å². The van der Waals surface area contributed by atoms with Gasteiger partial charge in [0.25, 0.3) is 5.91 Å². The van der Waals surface area contributed by atoms with Crippen LogP contribution in [0.2, 0.25) is 0 Å². The quantitative estimate of drug-likeness (QED) is 0.645. The van der Waals surface area contributed by atoms with E-state index in [9.17, 15) is 4.79 Å². The van der Waals surface area contributed by atoms with Gasteiger partial charge in [-0.1, -0.05) is 0 Å². The third kappa shape index (κ3) is 2.09. The minimum atomic E-state index is -0.302. The number of amides is 1. The third-order valence-electron chi connectivity index (χ3n) is 1.14. The van der Waals surface area contributed by atoms with Gasteiger partial charge in [0.05, 0.1) is 12.9 Å². The first-order chi connectivity index (χ1) is 5.34. The summed E-state index contributed by atoms with van der Waals surface area (Å²) in [6.45, 7) is 0.186. The molecule has 0 aliphatic rings. The van der Waals surface area contributed by atoms with Crippen LogP contribution >= 0.6 is 0 Å². The summed E-state index contributed by atoms with van der Waals surface area (Å²) in [6, 6.07) is 3.20. The van der Waals surface area contributed by atoms with Crippen LogP contribution < -0.4 is 5.32 Å². The molecule has 0 radical (unpaired) electrons. The fraction of sp³-hybridized carbons (Fsp3) is 0.286. The highest BCUT2D eigenvalue weighted by Gasteiger charge is 2.05. The molecular weight excluding hydrogens is 146 g/mol. The van der Waals surface area contributed by atoms with E-state index in [2.05, 4.69) is 5.32 Å². The van der Waals surface area contributed by atoms with Gasteiger partial charge in [-0.25, -0.2) is 0 Å². The van der Waals surface area contributed by atoms with Crippen molar-refractivity contribution in [2.24, 2.45) is 0 Å². The van der Waals surface area contributed by atoms with Gasteiger partial charge in [0.1, 0.15) is 0 Å². The van der Waals surface area contributed by atoms with E-state index in [1.54, 1.807) is 12.1 Å². The standard InChI is InChI=1S/C7H9NO3/c9-4-3-8-7(10)6-2-1-5-11-6/h1-2,5,9H,3-4H2,(H,8,10). The van der Waals surface area contributed by atoms with E-state index in [1.807, 2.05) is 0 Å². The van der Waals surface area contributed by atoms with Crippen molar-refractivity contribution >= 4 is 5.91 Å². The molecule has 1 aromatic rings. The number of hydrogen-bond acceptors (Lipinski definition) is 3. The zero-order valence-electron chi connectivity index (χ0n) is 5.91. The Labute approximate surface area is 63.8 Å². The molecule has 1 amide bonds. The van der Waals surface area contributed by atoms with E-state index >= 15 is 0 Å². The van der Waals surface area contributed by atoms with Crippen molar-refractivity contribution in [3.63, 3.8) is 0 Å². The van der Waals surface area contributed by atoms with Crippen LogP contribution in [0, 0.1) is 0 Å². The van der Waals surface area contributed by atoms with E-state index in [1.165, 1.54) is 6.26 Å². The Bertz CT molecular complexity index is 218. The molecule has 1 heterocycles. The molecule has 0 spiro atoms. The summed E-state index contributed by atoms with van der Waals surface area (Å²) >= 11 is 0. The average Bonchev–Trinajstić information content (AvgIpc) is 2.52. The normalized spacial score (nSPS) is 9.55. The Morgan fingerprint density at radius 1 is 1.73 bits per heavy atom. The third-order valence-corrected chi connectivity index (χ3v) is 1.14. The van der Waals surface area contributed by atoms with Gasteiger partial charge in [-0.3, -0.25) is 4.79 Å². The van der Waals surface area contributed by atoms with Crippen molar-refractivity contribution in [1.29, 1.82) is 0 Å². The van der Waals surface area contributed by atoms with Gasteiger partial charge >= 0.3 is 0 Å². The summed E-state index contributed by atoms with van der Waals surface area (Å²) in [4.78, 5) is 10.9. The maximum atomic E-state index is 10.9. The molecule has 0 bridgehead atoms. The molecule has 0 aliphatic heterocycles. The zero-order chi connectivity index (χ0) is 8.10. The molecule has 0 atom stereocenters. The molecule has 60 valence electrons. The lowest BCUT2D eigenvalue weighted by Crippen LogP contribution is -2.25. The van der Waals surface area contributed by atoms with Crippen molar-refractivity contribution in [2.75, 3.05) is 13.2 Å². The van der Waals surface area contributed by atoms with Crippen LogP contribution in [0.15, 0.2) is 22.8 Å². The summed E-state index contributed by atoms with van der Waals surface area (Å²) in [5, 5.41) is 10.8. The predicted octanol–water partition coefficient (Wildman–Crippen LogP) is 0.00170. The summed E-state index contributed by atoms with van der Waals surface area (Å²) < 4.78 is 4.80. The van der Waals surface area contributed by atoms with Crippen molar-refractivity contribution in [1.82, 2.24) is 5.32 Å². The fourth-order valence-electron chi connectivity index (χ4n) is 0.664. The number of furan rings is 1. The van der Waals surface area contributed by atoms with Crippen LogP contribution in [-0.2, 0) is 0 Å². The molecule has 2 N–H and O–H groups in total. The van der Waals surface area contributed by atoms with Crippen molar-refractivity contribution in [3.8, 4) is 0 Å². The van der Waals surface area contributed by atoms with Gasteiger partial charge in [0, 0.05) is 6.54 Å². The molecule has 0 saturated heterocycles. The molecule has 0 saturated carbocycles. The number of carbonyl (C=O) groups is 1. The first kappa shape index (κ1) is 7.81. The molecular formula is C7H9NO3. The van der Waals surface area contributed by atoms with Crippen molar-refractivity contribution in [2.45, 2.75) is 0 Å². The van der Waals surface area contributed by atoms with Crippen molar-refractivity contribution in [3.05, 3.63) is 24.2 Å². The average molecular weight is 155 g/mol. The number of nitrogens with one attached hydrogen (secondary N) is 1. The molecule has 0 aliphatic carbocycles. The SMILES string of the molecule is O=C(NCCO)c1ccco1. The Hall–Kier alpha value is -1.29. The Morgan fingerprint density at radius 2 is 2.55 bits per heavy atom. The van der Waals surface area contributed by atoms with Crippen LogP contribution in [0.4, 0.5) is 0 Å². The molecule has 4 nitrogen and oxygen atoms in total. The first-order valence-electron chi connectivity index (χ1n) is 3.27. The molecule has 1 aromatic heterocycles. The second kappa shape index (κ2) is 3.78. The highest BCUT2D eigenvalue weighted by molar-refractivity contribution is 5.91. The van der Waals surface area contributed by atoms with Gasteiger partial charge < -0.3 is 14.8 Å². The van der Waals surface area contributed by atoms with E-state index < -0.39 is 0 Å². The molecule has 0 fully saturated rings. The van der Waals surface area contributed by atoms with E-state index in [4.69, 9.17) is 9.52 Å². The Balaban J connectivity index is 2.43. The Morgan fingerprint density at radius 3 is 3.09 bits per heavy atom. The molecule has 11 heavy (non-hydrogen) atoms. The van der Waals surface area contributed by atoms with E-state index in [0.29, 0.717) is 0 Å². The lowest BCUT2D eigenvalue weighted by molar-refractivity contribution is 0.0917. The molecule has 4 heteroatoms. The van der Waals surface area contributed by atoms with Crippen LogP contribution in [0.1, 0.15) is 10.6 Å². The van der Waals surface area contributed by atoms with Gasteiger partial charge in [0.2, 0.25) is 0 Å². The monoisotopic (exact) mass is 155 g/mol. The summed E-state index contributed by atoms with van der Waals surface area (Å²) in [6.07, 6.45) is 1.42. The fourth-order valence-corrected chi connectivity index (χ4v) is 0.664. The number of hydrogen-bond donors (Lipinski definition) is 2. The molecule has 0 unspecified atom stereocenters. The second-order valence-corrected chi connectivity index (χ2v) is 1.96. The highest BCUT2D eigenvalue weighted by Crippen LogP contribution is 1.98. The van der Waals surface area contributed by atoms with Gasteiger partial charge in [-0.2, -0.15) is 0 Å². The topological polar surface area (TPSA) is 62.5 Å². The molecule has 0 aromatic carbocycles. The van der Waals surface area contributed by atoms with Crippen LogP contribution in [0.3, 0.4) is 0 Å². The maximum absolute atomic E-state index is 10.9. The minimum Gasteiger partial charge on any atom is -0.459 e. The second-order valence-electron chi connectivity index (χ2n) is 1.96. The maximum Gasteiger partial charge on any atom is 0.287 e. The zero-order valence-corrected chi connectivity index (χ0v) is 5.91. The summed E-state index contributed by atoms with van der Waals surface area (Å²) in [5.74, 6) is -0.0394. The van der Waals surface area contributed by atoms with E-state index in [0.717, 1.165) is 0 Å². The number of aliphatic hydroxyl groups is 1. The number of rotatable bonds is 3. The minimum absolute atomic E-state index is 0.0630.